The van der Waals surface area contributed by atoms with Gasteiger partial charge < -0.3 is 10.6 Å². The first-order valence-corrected chi connectivity index (χ1v) is 6.81. The van der Waals surface area contributed by atoms with Crippen LogP contribution in [0.15, 0.2) is 42.5 Å². The van der Waals surface area contributed by atoms with Crippen LogP contribution in [0.3, 0.4) is 0 Å². The lowest BCUT2D eigenvalue weighted by atomic mass is 10.1. The van der Waals surface area contributed by atoms with Crippen LogP contribution < -0.4 is 10.6 Å². The van der Waals surface area contributed by atoms with E-state index in [0.29, 0.717) is 5.69 Å². The van der Waals surface area contributed by atoms with Crippen molar-refractivity contribution in [2.24, 2.45) is 0 Å². The minimum absolute atomic E-state index is 0.169. The van der Waals surface area contributed by atoms with Gasteiger partial charge in [0.1, 0.15) is 0 Å². The van der Waals surface area contributed by atoms with E-state index < -0.39 is 16.7 Å². The number of aryl methyl sites for hydroxylation is 1. The van der Waals surface area contributed by atoms with Crippen LogP contribution in [-0.4, -0.2) is 16.7 Å². The maximum atomic E-state index is 11.9. The second-order valence-electron chi connectivity index (χ2n) is 4.96. The van der Waals surface area contributed by atoms with E-state index in [4.69, 9.17) is 0 Å². The molecule has 0 aliphatic heterocycles. The van der Waals surface area contributed by atoms with E-state index in [2.05, 4.69) is 10.6 Å². The predicted molar refractivity (Wildman–Crippen MR) is 86.3 cm³/mol. The fraction of sp³-hybridized carbons (Fsp3) is 0.125. The fourth-order valence-corrected chi connectivity index (χ4v) is 1.95. The normalized spacial score (nSPS) is 10.0. The molecule has 118 valence electrons. The molecule has 0 bridgehead atoms. The Balaban J connectivity index is 2.08. The number of benzene rings is 2. The summed E-state index contributed by atoms with van der Waals surface area (Å²) in [7, 11) is 0. The second-order valence-corrected chi connectivity index (χ2v) is 4.96. The van der Waals surface area contributed by atoms with Crippen molar-refractivity contribution >= 4 is 28.9 Å². The second kappa shape index (κ2) is 6.69. The van der Waals surface area contributed by atoms with Crippen molar-refractivity contribution in [2.75, 3.05) is 10.6 Å². The van der Waals surface area contributed by atoms with Crippen molar-refractivity contribution in [3.8, 4) is 0 Å². The van der Waals surface area contributed by atoms with Gasteiger partial charge in [-0.1, -0.05) is 18.2 Å². The van der Waals surface area contributed by atoms with E-state index in [-0.39, 0.29) is 11.4 Å². The Morgan fingerprint density at radius 1 is 1.00 bits per heavy atom. The number of nitrogens with zero attached hydrogens (tertiary/aromatic N) is 1. The lowest BCUT2D eigenvalue weighted by Crippen LogP contribution is -2.29. The number of carbonyl (C=O) groups is 2. The quantitative estimate of drug-likeness (QED) is 0.517. The molecule has 0 saturated heterocycles. The third-order valence-electron chi connectivity index (χ3n) is 3.37. The first kappa shape index (κ1) is 16.2. The summed E-state index contributed by atoms with van der Waals surface area (Å²) in [6.07, 6.45) is 0. The molecule has 0 unspecified atom stereocenters. The number of hydrogen-bond acceptors (Lipinski definition) is 4. The van der Waals surface area contributed by atoms with Crippen LogP contribution in [0.25, 0.3) is 0 Å². The van der Waals surface area contributed by atoms with Crippen molar-refractivity contribution in [1.29, 1.82) is 0 Å². The molecule has 23 heavy (non-hydrogen) atoms. The first-order chi connectivity index (χ1) is 10.9. The Hall–Kier alpha value is -3.22. The molecule has 0 atom stereocenters. The summed E-state index contributed by atoms with van der Waals surface area (Å²) in [5.74, 6) is -1.74. The number of rotatable bonds is 3. The summed E-state index contributed by atoms with van der Waals surface area (Å²) in [4.78, 5) is 34.0. The summed E-state index contributed by atoms with van der Waals surface area (Å²) in [6.45, 7) is 3.73. The third kappa shape index (κ3) is 3.91. The Kier molecular flexibility index (Phi) is 4.70. The average Bonchev–Trinajstić information content (AvgIpc) is 2.52. The Morgan fingerprint density at radius 3 is 2.35 bits per heavy atom. The fourth-order valence-electron chi connectivity index (χ4n) is 1.95. The van der Waals surface area contributed by atoms with Gasteiger partial charge in [0.15, 0.2) is 0 Å². The molecule has 0 heterocycles. The molecule has 0 aromatic heterocycles. The maximum absolute atomic E-state index is 11.9. The van der Waals surface area contributed by atoms with Crippen LogP contribution in [0.5, 0.6) is 0 Å². The molecule has 0 spiro atoms. The van der Waals surface area contributed by atoms with Gasteiger partial charge in [-0.2, -0.15) is 0 Å². The molecule has 0 fully saturated rings. The number of hydrogen-bond donors (Lipinski definition) is 2. The van der Waals surface area contributed by atoms with E-state index >= 15 is 0 Å². The lowest BCUT2D eigenvalue weighted by Gasteiger charge is -2.10. The average molecular weight is 313 g/mol. The van der Waals surface area contributed by atoms with Gasteiger partial charge in [-0.05, 0) is 37.1 Å². The smallest absolute Gasteiger partial charge is 0.314 e. The van der Waals surface area contributed by atoms with Gasteiger partial charge in [0.05, 0.1) is 4.92 Å². The highest BCUT2D eigenvalue weighted by atomic mass is 16.6. The van der Waals surface area contributed by atoms with Gasteiger partial charge in [-0.15, -0.1) is 0 Å². The Bertz CT molecular complexity index is 787. The minimum atomic E-state index is -0.897. The third-order valence-corrected chi connectivity index (χ3v) is 3.37. The highest BCUT2D eigenvalue weighted by Gasteiger charge is 2.16. The van der Waals surface area contributed by atoms with E-state index in [9.17, 15) is 19.7 Å². The van der Waals surface area contributed by atoms with Gasteiger partial charge in [0.25, 0.3) is 5.69 Å². The molecule has 0 aliphatic rings. The van der Waals surface area contributed by atoms with Crippen LogP contribution in [0.4, 0.5) is 17.1 Å². The number of carbonyl (C=O) groups excluding carboxylic acids is 2. The zero-order chi connectivity index (χ0) is 17.0. The summed E-state index contributed by atoms with van der Waals surface area (Å²) in [6, 6.07) is 10.7. The molecule has 0 aliphatic carbocycles. The molecule has 2 amide bonds. The van der Waals surface area contributed by atoms with Crippen LogP contribution in [0.2, 0.25) is 0 Å². The van der Waals surface area contributed by atoms with Crippen LogP contribution >= 0.6 is 0 Å². The van der Waals surface area contributed by atoms with Crippen LogP contribution in [0, 0.1) is 24.0 Å². The van der Waals surface area contributed by atoms with Crippen LogP contribution in [-0.2, 0) is 9.59 Å². The number of nitrogens with one attached hydrogen (secondary N) is 2. The molecule has 0 saturated carbocycles. The molecule has 0 radical (unpaired) electrons. The molecule has 2 aromatic rings. The van der Waals surface area contributed by atoms with E-state index in [0.717, 1.165) is 11.1 Å². The molecular weight excluding hydrogens is 298 g/mol. The lowest BCUT2D eigenvalue weighted by molar-refractivity contribution is -0.384. The van der Waals surface area contributed by atoms with Crippen molar-refractivity contribution in [3.63, 3.8) is 0 Å². The van der Waals surface area contributed by atoms with E-state index in [1.165, 1.54) is 24.3 Å². The molecular formula is C16H15N3O4. The van der Waals surface area contributed by atoms with E-state index in [1.54, 1.807) is 12.1 Å². The standard InChI is InChI=1S/C16H15N3O4/c1-10-5-3-8-14(11(10)2)18-16(21)15(20)17-12-6-4-7-13(9-12)19(22)23/h3-9H,1-2H3,(H,17,20)(H,18,21). The van der Waals surface area contributed by atoms with Gasteiger partial charge in [-0.3, -0.25) is 19.7 Å². The van der Waals surface area contributed by atoms with Crippen molar-refractivity contribution < 1.29 is 14.5 Å². The summed E-state index contributed by atoms with van der Waals surface area (Å²) in [5, 5.41) is 15.6. The topological polar surface area (TPSA) is 101 Å². The Labute approximate surface area is 132 Å². The highest BCUT2D eigenvalue weighted by Crippen LogP contribution is 2.19. The maximum Gasteiger partial charge on any atom is 0.314 e. The SMILES string of the molecule is Cc1cccc(NC(=O)C(=O)Nc2cccc([N+](=O)[O-])c2)c1C. The van der Waals surface area contributed by atoms with Crippen LogP contribution in [0.1, 0.15) is 11.1 Å². The first-order valence-electron chi connectivity index (χ1n) is 6.81. The number of amides is 2. The molecule has 7 heteroatoms. The van der Waals surface area contributed by atoms with E-state index in [1.807, 2.05) is 19.9 Å². The highest BCUT2D eigenvalue weighted by molar-refractivity contribution is 6.43. The molecule has 7 nitrogen and oxygen atoms in total. The minimum Gasteiger partial charge on any atom is -0.318 e. The van der Waals surface area contributed by atoms with Gasteiger partial charge in [-0.25, -0.2) is 0 Å². The Morgan fingerprint density at radius 2 is 1.65 bits per heavy atom. The zero-order valence-corrected chi connectivity index (χ0v) is 12.6. The van der Waals surface area contributed by atoms with Gasteiger partial charge in [0, 0.05) is 23.5 Å². The monoisotopic (exact) mass is 313 g/mol. The summed E-state index contributed by atoms with van der Waals surface area (Å²) < 4.78 is 0. The number of nitro benzene ring substituents is 1. The zero-order valence-electron chi connectivity index (χ0n) is 12.6. The van der Waals surface area contributed by atoms with Crippen molar-refractivity contribution in [2.45, 2.75) is 13.8 Å². The van der Waals surface area contributed by atoms with Crippen molar-refractivity contribution in [1.82, 2.24) is 0 Å². The molecule has 2 rings (SSSR count). The number of nitro groups is 1. The predicted octanol–water partition coefficient (Wildman–Crippen LogP) is 2.79. The summed E-state index contributed by atoms with van der Waals surface area (Å²) >= 11 is 0. The van der Waals surface area contributed by atoms with Crippen molar-refractivity contribution in [3.05, 3.63) is 63.7 Å². The van der Waals surface area contributed by atoms with Gasteiger partial charge >= 0.3 is 11.8 Å². The van der Waals surface area contributed by atoms with Gasteiger partial charge in [0.2, 0.25) is 0 Å². The largest absolute Gasteiger partial charge is 0.318 e. The molecule has 2 aromatic carbocycles. The number of anilines is 2. The molecule has 2 N–H and O–H groups in total. The summed E-state index contributed by atoms with van der Waals surface area (Å²) in [5.41, 5.74) is 2.41. The number of non-ortho nitro benzene ring substituents is 1.